The average Bonchev–Trinajstić information content (AvgIpc) is 2.83. The molecule has 2 aromatic rings. The summed E-state index contributed by atoms with van der Waals surface area (Å²) in [5.74, 6) is -1.09. The van der Waals surface area contributed by atoms with E-state index in [1.54, 1.807) is 23.0 Å². The van der Waals surface area contributed by atoms with E-state index in [1.807, 2.05) is 19.9 Å². The van der Waals surface area contributed by atoms with Crippen molar-refractivity contribution < 1.29 is 9.90 Å². The van der Waals surface area contributed by atoms with Gasteiger partial charge in [-0.25, -0.2) is 9.48 Å². The predicted molar refractivity (Wildman–Crippen MR) is 65.2 cm³/mol. The van der Waals surface area contributed by atoms with Crippen LogP contribution in [-0.4, -0.2) is 31.1 Å². The van der Waals surface area contributed by atoms with E-state index in [-0.39, 0.29) is 11.7 Å². The average molecular weight is 246 g/mol. The van der Waals surface area contributed by atoms with Crippen LogP contribution in [0.15, 0.2) is 24.4 Å². The normalized spacial score (nSPS) is 12.3. The van der Waals surface area contributed by atoms with Crippen LogP contribution in [0.25, 0.3) is 11.4 Å². The highest BCUT2D eigenvalue weighted by atomic mass is 16.4. The van der Waals surface area contributed by atoms with Crippen LogP contribution in [0.4, 0.5) is 0 Å². The number of carboxylic acid groups (broad SMARTS) is 1. The fourth-order valence-electron chi connectivity index (χ4n) is 1.66. The summed E-state index contributed by atoms with van der Waals surface area (Å²) in [5, 5.41) is 16.8. The van der Waals surface area contributed by atoms with Gasteiger partial charge in [0.2, 0.25) is 0 Å². The number of aromatic nitrogens is 4. The number of pyridine rings is 1. The third-order valence-electron chi connectivity index (χ3n) is 2.81. The van der Waals surface area contributed by atoms with E-state index in [0.717, 1.165) is 6.42 Å². The van der Waals surface area contributed by atoms with Gasteiger partial charge in [-0.2, -0.15) is 0 Å². The summed E-state index contributed by atoms with van der Waals surface area (Å²) >= 11 is 0. The third kappa shape index (κ3) is 2.09. The first kappa shape index (κ1) is 12.2. The topological polar surface area (TPSA) is 80.9 Å². The van der Waals surface area contributed by atoms with Gasteiger partial charge in [0.1, 0.15) is 5.69 Å². The summed E-state index contributed by atoms with van der Waals surface area (Å²) in [6.07, 6.45) is 2.46. The number of aromatic carboxylic acids is 1. The summed E-state index contributed by atoms with van der Waals surface area (Å²) in [7, 11) is 0. The van der Waals surface area contributed by atoms with Crippen LogP contribution in [0.3, 0.4) is 0 Å². The van der Waals surface area contributed by atoms with E-state index in [9.17, 15) is 4.79 Å². The zero-order valence-electron chi connectivity index (χ0n) is 10.2. The van der Waals surface area contributed by atoms with Crippen LogP contribution in [-0.2, 0) is 0 Å². The van der Waals surface area contributed by atoms with Crippen molar-refractivity contribution in [1.29, 1.82) is 0 Å². The number of rotatable bonds is 4. The van der Waals surface area contributed by atoms with Crippen LogP contribution in [0, 0.1) is 0 Å². The zero-order chi connectivity index (χ0) is 13.1. The van der Waals surface area contributed by atoms with Crippen molar-refractivity contribution in [3.05, 3.63) is 30.1 Å². The highest BCUT2D eigenvalue weighted by molar-refractivity contribution is 5.92. The summed E-state index contributed by atoms with van der Waals surface area (Å²) in [5.41, 5.74) is 0.964. The molecule has 0 aromatic carbocycles. The van der Waals surface area contributed by atoms with Gasteiger partial charge in [-0.3, -0.25) is 4.98 Å². The van der Waals surface area contributed by atoms with E-state index in [0.29, 0.717) is 11.4 Å². The molecule has 2 rings (SSSR count). The lowest BCUT2D eigenvalue weighted by Crippen LogP contribution is -2.09. The summed E-state index contributed by atoms with van der Waals surface area (Å²) in [4.78, 5) is 15.4. The fraction of sp³-hybridized carbons (Fsp3) is 0.333. The quantitative estimate of drug-likeness (QED) is 0.892. The van der Waals surface area contributed by atoms with Gasteiger partial charge < -0.3 is 5.11 Å². The molecule has 0 aliphatic rings. The Morgan fingerprint density at radius 3 is 2.83 bits per heavy atom. The van der Waals surface area contributed by atoms with Crippen LogP contribution >= 0.6 is 0 Å². The van der Waals surface area contributed by atoms with Crippen molar-refractivity contribution >= 4 is 5.97 Å². The Kier molecular flexibility index (Phi) is 3.36. The van der Waals surface area contributed by atoms with Gasteiger partial charge in [-0.05, 0) is 25.5 Å². The molecule has 1 atom stereocenters. The van der Waals surface area contributed by atoms with Crippen molar-refractivity contribution in [2.45, 2.75) is 26.3 Å². The second-order valence-electron chi connectivity index (χ2n) is 4.01. The Hall–Kier alpha value is -2.24. The number of carbonyl (C=O) groups is 1. The van der Waals surface area contributed by atoms with Crippen LogP contribution < -0.4 is 0 Å². The van der Waals surface area contributed by atoms with E-state index < -0.39 is 5.97 Å². The van der Waals surface area contributed by atoms with Crippen LogP contribution in [0.1, 0.15) is 36.8 Å². The Balaban J connectivity index is 2.61. The Morgan fingerprint density at radius 2 is 2.28 bits per heavy atom. The number of carboxylic acids is 1. The second kappa shape index (κ2) is 4.95. The molecule has 6 heteroatoms. The molecule has 1 unspecified atom stereocenters. The minimum absolute atomic E-state index is 0.0611. The first-order valence-corrected chi connectivity index (χ1v) is 5.75. The minimum Gasteiger partial charge on any atom is -0.476 e. The summed E-state index contributed by atoms with van der Waals surface area (Å²) in [6.45, 7) is 3.97. The van der Waals surface area contributed by atoms with E-state index >= 15 is 0 Å². The predicted octanol–water partition coefficient (Wildman–Crippen LogP) is 2.01. The van der Waals surface area contributed by atoms with Gasteiger partial charge in [0.05, 0.1) is 11.7 Å². The van der Waals surface area contributed by atoms with Gasteiger partial charge in [0.25, 0.3) is 0 Å². The van der Waals surface area contributed by atoms with Crippen molar-refractivity contribution in [3.8, 4) is 11.4 Å². The van der Waals surface area contributed by atoms with Crippen molar-refractivity contribution in [2.24, 2.45) is 0 Å². The maximum absolute atomic E-state index is 11.2. The molecule has 0 aliphatic heterocycles. The lowest BCUT2D eigenvalue weighted by molar-refractivity contribution is 0.0691. The highest BCUT2D eigenvalue weighted by Gasteiger charge is 2.23. The first-order valence-electron chi connectivity index (χ1n) is 5.75. The lowest BCUT2D eigenvalue weighted by atomic mass is 10.2. The number of nitrogens with zero attached hydrogens (tertiary/aromatic N) is 4. The molecule has 2 aromatic heterocycles. The lowest BCUT2D eigenvalue weighted by Gasteiger charge is -2.12. The number of hydrogen-bond acceptors (Lipinski definition) is 4. The molecule has 6 nitrogen and oxygen atoms in total. The van der Waals surface area contributed by atoms with Crippen LogP contribution in [0.2, 0.25) is 0 Å². The Morgan fingerprint density at radius 1 is 1.50 bits per heavy atom. The summed E-state index contributed by atoms with van der Waals surface area (Å²) in [6, 6.07) is 5.41. The largest absolute Gasteiger partial charge is 0.476 e. The smallest absolute Gasteiger partial charge is 0.358 e. The molecule has 2 heterocycles. The van der Waals surface area contributed by atoms with E-state index in [2.05, 4.69) is 15.3 Å². The molecule has 0 radical (unpaired) electrons. The molecule has 0 amide bonds. The first-order chi connectivity index (χ1) is 8.65. The molecule has 0 fully saturated rings. The van der Waals surface area contributed by atoms with Gasteiger partial charge >= 0.3 is 5.97 Å². The van der Waals surface area contributed by atoms with E-state index in [4.69, 9.17) is 5.11 Å². The van der Waals surface area contributed by atoms with Crippen molar-refractivity contribution in [2.75, 3.05) is 0 Å². The molecule has 94 valence electrons. The Bertz CT molecular complexity index is 550. The van der Waals surface area contributed by atoms with Gasteiger partial charge in [-0.1, -0.05) is 18.2 Å². The molecule has 1 N–H and O–H groups in total. The molecule has 18 heavy (non-hydrogen) atoms. The zero-order valence-corrected chi connectivity index (χ0v) is 10.2. The fourth-order valence-corrected chi connectivity index (χ4v) is 1.66. The summed E-state index contributed by atoms with van der Waals surface area (Å²) < 4.78 is 1.62. The minimum atomic E-state index is -1.09. The van der Waals surface area contributed by atoms with Crippen molar-refractivity contribution in [1.82, 2.24) is 20.0 Å². The molecule has 0 spiro atoms. The molecule has 0 bridgehead atoms. The van der Waals surface area contributed by atoms with Gasteiger partial charge in [0.15, 0.2) is 5.69 Å². The molecule has 0 aliphatic carbocycles. The maximum atomic E-state index is 11.2. The molecule has 0 saturated carbocycles. The van der Waals surface area contributed by atoms with Crippen LogP contribution in [0.5, 0.6) is 0 Å². The SMILES string of the molecule is CCC(C)n1nnc(C(=O)O)c1-c1ccccn1. The maximum Gasteiger partial charge on any atom is 0.358 e. The van der Waals surface area contributed by atoms with E-state index in [1.165, 1.54) is 0 Å². The molecular formula is C12H14N4O2. The molecule has 0 saturated heterocycles. The highest BCUT2D eigenvalue weighted by Crippen LogP contribution is 2.24. The van der Waals surface area contributed by atoms with Crippen molar-refractivity contribution in [3.63, 3.8) is 0 Å². The molecular weight excluding hydrogens is 232 g/mol. The van der Waals surface area contributed by atoms with Gasteiger partial charge in [-0.15, -0.1) is 5.10 Å². The van der Waals surface area contributed by atoms with Gasteiger partial charge in [0, 0.05) is 6.20 Å². The third-order valence-corrected chi connectivity index (χ3v) is 2.81. The second-order valence-corrected chi connectivity index (χ2v) is 4.01. The Labute approximate surface area is 104 Å². The number of hydrogen-bond donors (Lipinski definition) is 1. The standard InChI is InChI=1S/C12H14N4O2/c1-3-8(2)16-11(9-6-4-5-7-13-9)10(12(17)18)14-15-16/h4-8H,3H2,1-2H3,(H,17,18). The monoisotopic (exact) mass is 246 g/mol.